The number of rotatable bonds is 4. The molecule has 0 radical (unpaired) electrons. The third kappa shape index (κ3) is 2.96. The van der Waals surface area contributed by atoms with Crippen LogP contribution in [-0.4, -0.2) is 34.5 Å². The number of hydrogen-bond donors (Lipinski definition) is 1. The first-order valence-corrected chi connectivity index (χ1v) is 7.51. The van der Waals surface area contributed by atoms with Gasteiger partial charge in [-0.25, -0.2) is 4.98 Å². The number of aromatic nitrogens is 2. The molecule has 3 rings (SSSR count). The van der Waals surface area contributed by atoms with Crippen LogP contribution < -0.4 is 5.32 Å². The molecule has 5 nitrogen and oxygen atoms in total. The molecule has 1 amide bonds. The highest BCUT2D eigenvalue weighted by molar-refractivity contribution is 7.15. The summed E-state index contributed by atoms with van der Waals surface area (Å²) in [5.41, 5.74) is 1.01. The van der Waals surface area contributed by atoms with Crippen molar-refractivity contribution >= 4 is 22.2 Å². The Morgan fingerprint density at radius 3 is 3.32 bits per heavy atom. The molecule has 1 atom stereocenters. The van der Waals surface area contributed by atoms with E-state index in [2.05, 4.69) is 10.3 Å². The standard InChI is InChI=1S/C13H17N3O2S/c17-12(11-3-1-2-7-18-11)14-5-4-10-9-16-6-8-19-13(16)15-10/h6,8-9,11H,1-5,7H2,(H,14,17). The second kappa shape index (κ2) is 5.71. The quantitative estimate of drug-likeness (QED) is 0.925. The Morgan fingerprint density at radius 1 is 1.58 bits per heavy atom. The molecule has 1 unspecified atom stereocenters. The summed E-state index contributed by atoms with van der Waals surface area (Å²) in [5.74, 6) is 0.0146. The molecule has 3 heterocycles. The summed E-state index contributed by atoms with van der Waals surface area (Å²) in [5, 5.41) is 4.94. The van der Waals surface area contributed by atoms with Crippen molar-refractivity contribution in [2.24, 2.45) is 0 Å². The van der Waals surface area contributed by atoms with E-state index >= 15 is 0 Å². The first-order chi connectivity index (χ1) is 9.33. The van der Waals surface area contributed by atoms with Crippen molar-refractivity contribution in [1.82, 2.24) is 14.7 Å². The molecule has 0 bridgehead atoms. The van der Waals surface area contributed by atoms with Crippen molar-refractivity contribution in [3.63, 3.8) is 0 Å². The van der Waals surface area contributed by atoms with E-state index in [0.29, 0.717) is 13.2 Å². The topological polar surface area (TPSA) is 55.6 Å². The van der Waals surface area contributed by atoms with Crippen LogP contribution in [0.1, 0.15) is 25.0 Å². The van der Waals surface area contributed by atoms with Crippen LogP contribution in [0.4, 0.5) is 0 Å². The van der Waals surface area contributed by atoms with Crippen molar-refractivity contribution < 1.29 is 9.53 Å². The molecule has 1 aliphatic heterocycles. The SMILES string of the molecule is O=C(NCCc1cn2ccsc2n1)C1CCCCO1. The third-order valence-corrected chi connectivity index (χ3v) is 4.07. The van der Waals surface area contributed by atoms with Crippen LogP contribution in [0.25, 0.3) is 4.96 Å². The van der Waals surface area contributed by atoms with Crippen LogP contribution in [0.3, 0.4) is 0 Å². The maximum absolute atomic E-state index is 11.9. The lowest BCUT2D eigenvalue weighted by molar-refractivity contribution is -0.135. The van der Waals surface area contributed by atoms with Gasteiger partial charge in [0.1, 0.15) is 6.10 Å². The molecule has 0 aromatic carbocycles. The van der Waals surface area contributed by atoms with Crippen LogP contribution in [0.5, 0.6) is 0 Å². The number of imidazole rings is 1. The first-order valence-electron chi connectivity index (χ1n) is 6.63. The largest absolute Gasteiger partial charge is 0.368 e. The molecule has 2 aromatic rings. The van der Waals surface area contributed by atoms with Crippen molar-refractivity contribution in [3.05, 3.63) is 23.5 Å². The van der Waals surface area contributed by atoms with Crippen molar-refractivity contribution in [2.45, 2.75) is 31.8 Å². The number of carbonyl (C=O) groups is 1. The zero-order valence-electron chi connectivity index (χ0n) is 10.7. The first kappa shape index (κ1) is 12.6. The van der Waals surface area contributed by atoms with Gasteiger partial charge in [0.15, 0.2) is 4.96 Å². The fourth-order valence-corrected chi connectivity index (χ4v) is 2.99. The van der Waals surface area contributed by atoms with Crippen LogP contribution in [0.15, 0.2) is 17.8 Å². The average molecular weight is 279 g/mol. The molecule has 19 heavy (non-hydrogen) atoms. The monoisotopic (exact) mass is 279 g/mol. The summed E-state index contributed by atoms with van der Waals surface area (Å²) in [6.45, 7) is 1.32. The van der Waals surface area contributed by atoms with Gasteiger partial charge in [-0.15, -0.1) is 11.3 Å². The highest BCUT2D eigenvalue weighted by Gasteiger charge is 2.21. The minimum atomic E-state index is -0.251. The lowest BCUT2D eigenvalue weighted by Crippen LogP contribution is -2.39. The van der Waals surface area contributed by atoms with Gasteiger partial charge in [0.05, 0.1) is 5.69 Å². The molecular formula is C13H17N3O2S. The van der Waals surface area contributed by atoms with E-state index in [1.807, 2.05) is 22.2 Å². The maximum Gasteiger partial charge on any atom is 0.249 e. The fourth-order valence-electron chi connectivity index (χ4n) is 2.27. The van der Waals surface area contributed by atoms with E-state index < -0.39 is 0 Å². The second-order valence-electron chi connectivity index (χ2n) is 4.72. The molecule has 1 fully saturated rings. The summed E-state index contributed by atoms with van der Waals surface area (Å²) in [4.78, 5) is 17.3. The molecule has 0 saturated carbocycles. The lowest BCUT2D eigenvalue weighted by Gasteiger charge is -2.21. The van der Waals surface area contributed by atoms with E-state index in [4.69, 9.17) is 4.74 Å². The Hall–Kier alpha value is -1.40. The zero-order valence-corrected chi connectivity index (χ0v) is 11.5. The molecule has 0 aliphatic carbocycles. The van der Waals surface area contributed by atoms with Crippen molar-refractivity contribution in [1.29, 1.82) is 0 Å². The third-order valence-electron chi connectivity index (χ3n) is 3.30. The number of thiazole rings is 1. The Balaban J connectivity index is 1.47. The number of carbonyl (C=O) groups excluding carboxylic acids is 1. The van der Waals surface area contributed by atoms with Gasteiger partial charge in [-0.2, -0.15) is 0 Å². The Kier molecular flexibility index (Phi) is 3.79. The molecule has 1 N–H and O–H groups in total. The summed E-state index contributed by atoms with van der Waals surface area (Å²) in [6, 6.07) is 0. The summed E-state index contributed by atoms with van der Waals surface area (Å²) in [6.07, 6.45) is 7.49. The number of nitrogens with one attached hydrogen (secondary N) is 1. The van der Waals surface area contributed by atoms with Gasteiger partial charge in [0, 0.05) is 37.3 Å². The summed E-state index contributed by atoms with van der Waals surface area (Å²) >= 11 is 1.62. The molecule has 2 aromatic heterocycles. The van der Waals surface area contributed by atoms with Gasteiger partial charge in [-0.05, 0) is 19.3 Å². The maximum atomic E-state index is 11.9. The van der Waals surface area contributed by atoms with Gasteiger partial charge < -0.3 is 10.1 Å². The molecule has 1 aliphatic rings. The van der Waals surface area contributed by atoms with Crippen LogP contribution in [0.2, 0.25) is 0 Å². The van der Waals surface area contributed by atoms with E-state index in [0.717, 1.165) is 36.3 Å². The molecule has 6 heteroatoms. The van der Waals surface area contributed by atoms with Gasteiger partial charge >= 0.3 is 0 Å². The summed E-state index contributed by atoms with van der Waals surface area (Å²) in [7, 11) is 0. The van der Waals surface area contributed by atoms with E-state index in [1.165, 1.54) is 0 Å². The minimum Gasteiger partial charge on any atom is -0.368 e. The van der Waals surface area contributed by atoms with E-state index in [9.17, 15) is 4.79 Å². The van der Waals surface area contributed by atoms with E-state index in [1.54, 1.807) is 11.3 Å². The van der Waals surface area contributed by atoms with Crippen LogP contribution >= 0.6 is 11.3 Å². The highest BCUT2D eigenvalue weighted by atomic mass is 32.1. The lowest BCUT2D eigenvalue weighted by atomic mass is 10.1. The van der Waals surface area contributed by atoms with Crippen LogP contribution in [-0.2, 0) is 16.0 Å². The molecule has 0 spiro atoms. The van der Waals surface area contributed by atoms with Gasteiger partial charge in [-0.1, -0.05) is 0 Å². The van der Waals surface area contributed by atoms with Crippen LogP contribution in [0, 0.1) is 0 Å². The number of ether oxygens (including phenoxy) is 1. The number of amides is 1. The highest BCUT2D eigenvalue weighted by Crippen LogP contribution is 2.13. The predicted molar refractivity (Wildman–Crippen MR) is 73.4 cm³/mol. The van der Waals surface area contributed by atoms with Gasteiger partial charge in [-0.3, -0.25) is 9.20 Å². The Labute approximate surface area is 115 Å². The molecule has 1 saturated heterocycles. The fraction of sp³-hybridized carbons (Fsp3) is 0.538. The van der Waals surface area contributed by atoms with Gasteiger partial charge in [0.25, 0.3) is 0 Å². The average Bonchev–Trinajstić information content (AvgIpc) is 3.00. The number of hydrogen-bond acceptors (Lipinski definition) is 4. The number of fused-ring (bicyclic) bond motifs is 1. The molecule has 102 valence electrons. The smallest absolute Gasteiger partial charge is 0.249 e. The van der Waals surface area contributed by atoms with Crippen molar-refractivity contribution in [3.8, 4) is 0 Å². The minimum absolute atomic E-state index is 0.0146. The zero-order chi connectivity index (χ0) is 13.1. The molecular weight excluding hydrogens is 262 g/mol. The Morgan fingerprint density at radius 2 is 2.53 bits per heavy atom. The van der Waals surface area contributed by atoms with E-state index in [-0.39, 0.29) is 12.0 Å². The Bertz CT molecular complexity index is 528. The second-order valence-corrected chi connectivity index (χ2v) is 5.59. The number of nitrogens with zero attached hydrogens (tertiary/aromatic N) is 2. The van der Waals surface area contributed by atoms with Gasteiger partial charge in [0.2, 0.25) is 5.91 Å². The van der Waals surface area contributed by atoms with Crippen molar-refractivity contribution in [2.75, 3.05) is 13.2 Å². The summed E-state index contributed by atoms with van der Waals surface area (Å²) < 4.78 is 7.45. The normalized spacial score (nSPS) is 19.7. The predicted octanol–water partition coefficient (Wildman–Crippen LogP) is 1.62.